The van der Waals surface area contributed by atoms with Crippen molar-refractivity contribution in [1.82, 2.24) is 4.90 Å². The number of aliphatic carboxylic acids is 1. The van der Waals surface area contributed by atoms with Crippen molar-refractivity contribution in [1.29, 1.82) is 0 Å². The smallest absolute Gasteiger partial charge is 0.354 e. The zero-order valence-corrected chi connectivity index (χ0v) is 19.9. The van der Waals surface area contributed by atoms with E-state index < -0.39 is 19.2 Å². The van der Waals surface area contributed by atoms with Crippen LogP contribution in [0.2, 0.25) is 18.1 Å². The van der Waals surface area contributed by atoms with Gasteiger partial charge in [0.15, 0.2) is 14.0 Å². The minimum absolute atomic E-state index is 0.0379. The molecule has 2 heterocycles. The maximum atomic E-state index is 13.1. The molecule has 0 aliphatic carbocycles. The molecule has 2 aliphatic heterocycles. The number of rotatable bonds is 8. The van der Waals surface area contributed by atoms with Crippen molar-refractivity contribution < 1.29 is 19.1 Å². The molecule has 1 amide bonds. The van der Waals surface area contributed by atoms with Crippen LogP contribution in [0.5, 0.6) is 0 Å². The van der Waals surface area contributed by atoms with Crippen LogP contribution < -0.4 is 0 Å². The van der Waals surface area contributed by atoms with Crippen LogP contribution in [-0.2, 0) is 14.0 Å². The van der Waals surface area contributed by atoms with Crippen molar-refractivity contribution in [3.8, 4) is 0 Å². The fourth-order valence-electron chi connectivity index (χ4n) is 3.48. The summed E-state index contributed by atoms with van der Waals surface area (Å²) >= 11 is 2.87. The maximum Gasteiger partial charge on any atom is 0.354 e. The summed E-state index contributed by atoms with van der Waals surface area (Å²) in [6.07, 6.45) is 4.65. The fraction of sp³-hybridized carbons (Fsp3) is 0.684. The number of carbonyl (C=O) groups excluding carboxylic acids is 1. The maximum absolute atomic E-state index is 13.1. The van der Waals surface area contributed by atoms with Gasteiger partial charge in [0, 0.05) is 0 Å². The molecule has 152 valence electrons. The van der Waals surface area contributed by atoms with Gasteiger partial charge in [0.05, 0.1) is 16.3 Å². The van der Waals surface area contributed by atoms with Gasteiger partial charge in [0.1, 0.15) is 4.87 Å². The van der Waals surface area contributed by atoms with Crippen LogP contribution in [0.25, 0.3) is 0 Å². The number of carboxylic acids is 1. The summed E-state index contributed by atoms with van der Waals surface area (Å²) in [5.74, 6) is -1.56. The molecule has 0 aromatic rings. The first-order chi connectivity index (χ1) is 12.4. The quantitative estimate of drug-likeness (QED) is 0.337. The average molecular weight is 430 g/mol. The molecular formula is C19H31NO4S2Si. The van der Waals surface area contributed by atoms with Crippen LogP contribution in [0.1, 0.15) is 40.5 Å². The van der Waals surface area contributed by atoms with E-state index >= 15 is 0 Å². The van der Waals surface area contributed by atoms with Gasteiger partial charge < -0.3 is 9.53 Å². The summed E-state index contributed by atoms with van der Waals surface area (Å²) in [6, 6.07) is 0. The Kier molecular flexibility index (Phi) is 6.37. The third-order valence-corrected chi connectivity index (χ3v) is 13.0. The number of carboxylic acid groups (broad SMARTS) is 1. The van der Waals surface area contributed by atoms with E-state index in [1.165, 1.54) is 28.4 Å². The second kappa shape index (κ2) is 7.61. The van der Waals surface area contributed by atoms with Crippen molar-refractivity contribution in [3.63, 3.8) is 0 Å². The third-order valence-electron chi connectivity index (χ3n) is 5.89. The lowest BCUT2D eigenvalue weighted by atomic mass is 9.78. The number of hydrogen-bond acceptors (Lipinski definition) is 5. The molecule has 2 aliphatic rings. The van der Waals surface area contributed by atoms with Crippen molar-refractivity contribution in [2.75, 3.05) is 6.26 Å². The molecule has 27 heavy (non-hydrogen) atoms. The average Bonchev–Trinajstić information content (AvgIpc) is 2.83. The topological polar surface area (TPSA) is 66.8 Å². The van der Waals surface area contributed by atoms with E-state index in [1.54, 1.807) is 6.08 Å². The van der Waals surface area contributed by atoms with Gasteiger partial charge in [-0.05, 0) is 37.2 Å². The summed E-state index contributed by atoms with van der Waals surface area (Å²) in [5, 5.41) is 9.72. The molecule has 0 unspecified atom stereocenters. The number of hydrogen-bond donors (Lipinski definition) is 1. The predicted molar refractivity (Wildman–Crippen MR) is 116 cm³/mol. The highest BCUT2D eigenvalue weighted by Crippen LogP contribution is 2.63. The van der Waals surface area contributed by atoms with E-state index in [-0.39, 0.29) is 28.7 Å². The zero-order chi connectivity index (χ0) is 20.8. The summed E-state index contributed by atoms with van der Waals surface area (Å²) in [5.41, 5.74) is 0.109. The first kappa shape index (κ1) is 22.6. The summed E-state index contributed by atoms with van der Waals surface area (Å²) < 4.78 is 7.32. The van der Waals surface area contributed by atoms with Gasteiger partial charge in [-0.2, -0.15) is 0 Å². The minimum Gasteiger partial charge on any atom is -0.477 e. The fourth-order valence-corrected chi connectivity index (χ4v) is 7.48. The molecular weight excluding hydrogens is 398 g/mol. The first-order valence-corrected chi connectivity index (χ1v) is 14.2. The molecule has 2 rings (SSSR count). The van der Waals surface area contributed by atoms with Gasteiger partial charge >= 0.3 is 5.97 Å². The van der Waals surface area contributed by atoms with Crippen molar-refractivity contribution in [2.45, 2.75) is 69.6 Å². The van der Waals surface area contributed by atoms with E-state index in [1.807, 2.05) is 13.2 Å². The Morgan fingerprint density at radius 1 is 1.52 bits per heavy atom. The SMILES string of the molecule is C=CC[C@]12SC(SC)=C(C(=O)O)N1C(=O)[C@H]2[C@H](CC)O[Si](C)(C)C(C)(C)C. The molecule has 0 saturated carbocycles. The van der Waals surface area contributed by atoms with E-state index in [4.69, 9.17) is 4.43 Å². The normalized spacial score (nSPS) is 26.7. The molecule has 5 nitrogen and oxygen atoms in total. The third kappa shape index (κ3) is 3.54. The zero-order valence-electron chi connectivity index (χ0n) is 17.3. The second-order valence-electron chi connectivity index (χ2n) is 8.56. The standard InChI is InChI=1S/C19H31NO4S2Si/c1-9-11-19-13(12(10-2)24-27(7,8)18(3,4)5)15(21)20(19)14(16(22)23)17(25-6)26-19/h9,12-13H,1,10-11H2,2-8H3,(H,22,23)/t12-,13+,19+/m0/s1. The van der Waals surface area contributed by atoms with Gasteiger partial charge in [0.2, 0.25) is 5.91 Å². The van der Waals surface area contributed by atoms with Crippen LogP contribution in [0.15, 0.2) is 22.6 Å². The molecule has 0 radical (unpaired) electrons. The largest absolute Gasteiger partial charge is 0.477 e. The molecule has 0 aromatic carbocycles. The lowest BCUT2D eigenvalue weighted by molar-refractivity contribution is -0.166. The van der Waals surface area contributed by atoms with Crippen LogP contribution in [0.4, 0.5) is 0 Å². The highest BCUT2D eigenvalue weighted by Gasteiger charge is 2.68. The minimum atomic E-state index is -2.07. The second-order valence-corrected chi connectivity index (χ2v) is 15.7. The monoisotopic (exact) mass is 429 g/mol. The number of amides is 1. The number of carbonyl (C=O) groups is 2. The van der Waals surface area contributed by atoms with Crippen molar-refractivity contribution in [2.24, 2.45) is 5.92 Å². The lowest BCUT2D eigenvalue weighted by Crippen LogP contribution is -2.71. The lowest BCUT2D eigenvalue weighted by Gasteiger charge is -2.56. The molecule has 0 bridgehead atoms. The van der Waals surface area contributed by atoms with Gasteiger partial charge in [-0.25, -0.2) is 4.79 Å². The highest BCUT2D eigenvalue weighted by atomic mass is 32.2. The van der Waals surface area contributed by atoms with Crippen LogP contribution >= 0.6 is 23.5 Å². The van der Waals surface area contributed by atoms with Crippen LogP contribution in [0, 0.1) is 5.92 Å². The Labute approximate surface area is 172 Å². The Bertz CT molecular complexity index is 686. The predicted octanol–water partition coefficient (Wildman–Crippen LogP) is 4.88. The van der Waals surface area contributed by atoms with E-state index in [9.17, 15) is 14.7 Å². The molecule has 8 heteroatoms. The number of fused-ring (bicyclic) bond motifs is 1. The van der Waals surface area contributed by atoms with Crippen molar-refractivity contribution >= 4 is 43.7 Å². The van der Waals surface area contributed by atoms with Gasteiger partial charge in [0.25, 0.3) is 0 Å². The molecule has 0 aromatic heterocycles. The summed E-state index contributed by atoms with van der Waals surface area (Å²) in [7, 11) is -2.07. The Morgan fingerprint density at radius 2 is 2.11 bits per heavy atom. The van der Waals surface area contributed by atoms with E-state index in [0.717, 1.165) is 0 Å². The Balaban J connectivity index is 2.42. The first-order valence-electron chi connectivity index (χ1n) is 9.21. The van der Waals surface area contributed by atoms with Gasteiger partial charge in [-0.1, -0.05) is 45.5 Å². The Morgan fingerprint density at radius 3 is 2.52 bits per heavy atom. The molecule has 1 N–H and O–H groups in total. The summed E-state index contributed by atoms with van der Waals surface area (Å²) in [4.78, 5) is 25.8. The number of nitrogens with zero attached hydrogens (tertiary/aromatic N) is 1. The Hall–Kier alpha value is -0.703. The van der Waals surface area contributed by atoms with Crippen molar-refractivity contribution in [3.05, 3.63) is 22.6 Å². The molecule has 1 fully saturated rings. The van der Waals surface area contributed by atoms with E-state index in [0.29, 0.717) is 17.1 Å². The summed E-state index contributed by atoms with van der Waals surface area (Å²) in [6.45, 7) is 16.8. The van der Waals surface area contributed by atoms with Crippen LogP contribution in [-0.4, -0.2) is 47.4 Å². The molecule has 0 spiro atoms. The van der Waals surface area contributed by atoms with Gasteiger partial charge in [-0.15, -0.1) is 18.3 Å². The number of thioether (sulfide) groups is 2. The number of β-lactam (4-membered cyclic amide) rings is 1. The van der Waals surface area contributed by atoms with Gasteiger partial charge in [-0.3, -0.25) is 9.69 Å². The molecule has 1 saturated heterocycles. The van der Waals surface area contributed by atoms with Crippen LogP contribution in [0.3, 0.4) is 0 Å². The highest BCUT2D eigenvalue weighted by molar-refractivity contribution is 8.22. The molecule has 3 atom stereocenters. The van der Waals surface area contributed by atoms with E-state index in [2.05, 4.69) is 40.4 Å².